The van der Waals surface area contributed by atoms with Crippen LogP contribution < -0.4 is 4.52 Å². The molecule has 0 aromatic heterocycles. The first-order valence-corrected chi connectivity index (χ1v) is 10.8. The van der Waals surface area contributed by atoms with E-state index in [2.05, 4.69) is 13.1 Å². The fourth-order valence-corrected chi connectivity index (χ4v) is 4.96. The zero-order valence-corrected chi connectivity index (χ0v) is 15.0. The zero-order chi connectivity index (χ0) is 19.8. The standard InChI is InChI=1S/C10H10NO12P3/c12-11(13)9-5-6-10(8-4-2-1-3-7(8)9)21-25(17,18)23-26(19,20)22-24(14,15)16/h1-6H,(H,17,18)(H,19,20)(H2,14,15,16). The number of nitro benzene ring substituents is 1. The smallest absolute Gasteiger partial charge is 0.403 e. The molecule has 26 heavy (non-hydrogen) atoms. The third-order valence-electron chi connectivity index (χ3n) is 2.69. The molecule has 2 atom stereocenters. The molecule has 142 valence electrons. The molecule has 16 heteroatoms. The van der Waals surface area contributed by atoms with Crippen molar-refractivity contribution in [1.29, 1.82) is 0 Å². The summed E-state index contributed by atoms with van der Waals surface area (Å²) in [6.07, 6.45) is 0. The summed E-state index contributed by atoms with van der Waals surface area (Å²) in [5, 5.41) is 11.0. The van der Waals surface area contributed by atoms with Crippen molar-refractivity contribution < 1.29 is 51.3 Å². The van der Waals surface area contributed by atoms with Gasteiger partial charge in [0.05, 0.1) is 10.3 Å². The van der Waals surface area contributed by atoms with E-state index in [1.54, 1.807) is 0 Å². The van der Waals surface area contributed by atoms with Crippen molar-refractivity contribution in [2.75, 3.05) is 0 Å². The fraction of sp³-hybridized carbons (Fsp3) is 0. The molecule has 0 fully saturated rings. The summed E-state index contributed by atoms with van der Waals surface area (Å²) < 4.78 is 45.5. The van der Waals surface area contributed by atoms with Gasteiger partial charge in [0, 0.05) is 11.5 Å². The van der Waals surface area contributed by atoms with Gasteiger partial charge in [0.15, 0.2) is 0 Å². The molecule has 2 aromatic rings. The number of phosphoric ester groups is 1. The highest BCUT2D eigenvalue weighted by Gasteiger charge is 2.41. The van der Waals surface area contributed by atoms with Crippen molar-refractivity contribution in [3.8, 4) is 5.75 Å². The summed E-state index contributed by atoms with van der Waals surface area (Å²) in [6.45, 7) is 0. The van der Waals surface area contributed by atoms with E-state index < -0.39 is 34.1 Å². The molecule has 4 N–H and O–H groups in total. The Kier molecular flexibility index (Phi) is 5.69. The summed E-state index contributed by atoms with van der Waals surface area (Å²) in [5.41, 5.74) is -0.334. The average Bonchev–Trinajstić information content (AvgIpc) is 2.42. The lowest BCUT2D eigenvalue weighted by Gasteiger charge is -2.17. The predicted molar refractivity (Wildman–Crippen MR) is 85.1 cm³/mol. The van der Waals surface area contributed by atoms with E-state index in [0.29, 0.717) is 0 Å². The molecule has 2 aromatic carbocycles. The molecule has 0 spiro atoms. The second-order valence-electron chi connectivity index (χ2n) is 4.57. The topological polar surface area (TPSA) is 203 Å². The van der Waals surface area contributed by atoms with Crippen LogP contribution in [0.5, 0.6) is 5.75 Å². The summed E-state index contributed by atoms with van der Waals surface area (Å²) in [5.74, 6) is -0.423. The maximum atomic E-state index is 11.9. The number of benzene rings is 2. The van der Waals surface area contributed by atoms with Crippen LogP contribution in [0.15, 0.2) is 36.4 Å². The molecule has 0 aliphatic carbocycles. The number of nitrogens with zero attached hydrogens (tertiary/aromatic N) is 1. The highest BCUT2D eigenvalue weighted by molar-refractivity contribution is 7.66. The molecule has 0 aliphatic heterocycles. The summed E-state index contributed by atoms with van der Waals surface area (Å²) >= 11 is 0. The maximum Gasteiger partial charge on any atom is 0.536 e. The van der Waals surface area contributed by atoms with Crippen molar-refractivity contribution in [1.82, 2.24) is 0 Å². The monoisotopic (exact) mass is 429 g/mol. The van der Waals surface area contributed by atoms with Crippen LogP contribution in [-0.2, 0) is 22.3 Å². The van der Waals surface area contributed by atoms with Gasteiger partial charge in [0.2, 0.25) is 0 Å². The van der Waals surface area contributed by atoms with Gasteiger partial charge in [-0.05, 0) is 12.1 Å². The third-order valence-corrected chi connectivity index (χ3v) is 6.44. The maximum absolute atomic E-state index is 11.9. The first kappa shape index (κ1) is 20.7. The SMILES string of the molecule is O=[N+]([O-])c1ccc(OP(=O)(O)OP(=O)(O)OP(=O)(O)O)c2ccccc12. The second-order valence-corrected chi connectivity index (χ2v) is 8.91. The minimum Gasteiger partial charge on any atom is -0.403 e. The molecular formula is C10H10NO12P3. The van der Waals surface area contributed by atoms with Crippen LogP contribution in [0.2, 0.25) is 0 Å². The van der Waals surface area contributed by atoms with Gasteiger partial charge in [-0.15, -0.1) is 0 Å². The minimum atomic E-state index is -5.67. The van der Waals surface area contributed by atoms with Crippen molar-refractivity contribution >= 4 is 39.9 Å². The highest BCUT2D eigenvalue weighted by atomic mass is 31.3. The number of fused-ring (bicyclic) bond motifs is 1. The van der Waals surface area contributed by atoms with Gasteiger partial charge in [-0.1, -0.05) is 18.2 Å². The van der Waals surface area contributed by atoms with Gasteiger partial charge in [0.25, 0.3) is 5.69 Å². The molecule has 2 rings (SSSR count). The molecule has 0 radical (unpaired) electrons. The normalized spacial score (nSPS) is 16.6. The Bertz CT molecular complexity index is 1000. The van der Waals surface area contributed by atoms with Crippen LogP contribution >= 0.6 is 23.5 Å². The fourth-order valence-electron chi connectivity index (χ4n) is 1.91. The molecule has 13 nitrogen and oxygen atoms in total. The van der Waals surface area contributed by atoms with Gasteiger partial charge in [-0.2, -0.15) is 8.62 Å². The Morgan fingerprint density at radius 2 is 1.42 bits per heavy atom. The van der Waals surface area contributed by atoms with E-state index >= 15 is 0 Å². The molecule has 0 saturated carbocycles. The number of nitro groups is 1. The van der Waals surface area contributed by atoms with Crippen LogP contribution in [0.25, 0.3) is 10.8 Å². The highest BCUT2D eigenvalue weighted by Crippen LogP contribution is 2.66. The van der Waals surface area contributed by atoms with Crippen molar-refractivity contribution in [2.24, 2.45) is 0 Å². The van der Waals surface area contributed by atoms with Gasteiger partial charge in [-0.25, -0.2) is 13.7 Å². The number of rotatable bonds is 7. The van der Waals surface area contributed by atoms with E-state index in [9.17, 15) is 28.7 Å². The Balaban J connectivity index is 2.37. The molecule has 0 saturated heterocycles. The molecule has 0 amide bonds. The average molecular weight is 429 g/mol. The van der Waals surface area contributed by atoms with Gasteiger partial charge in [0.1, 0.15) is 5.75 Å². The Labute approximate surface area is 144 Å². The van der Waals surface area contributed by atoms with Crippen LogP contribution in [0.3, 0.4) is 0 Å². The van der Waals surface area contributed by atoms with Crippen molar-refractivity contribution in [3.63, 3.8) is 0 Å². The van der Waals surface area contributed by atoms with Crippen LogP contribution in [0, 0.1) is 10.1 Å². The first-order valence-electron chi connectivity index (χ1n) is 6.29. The first-order chi connectivity index (χ1) is 11.8. The Morgan fingerprint density at radius 1 is 0.846 bits per heavy atom. The third kappa shape index (κ3) is 5.42. The van der Waals surface area contributed by atoms with E-state index in [0.717, 1.165) is 12.1 Å². The van der Waals surface area contributed by atoms with E-state index in [1.165, 1.54) is 24.3 Å². The van der Waals surface area contributed by atoms with Crippen LogP contribution in [0.4, 0.5) is 5.69 Å². The second kappa shape index (κ2) is 7.16. The van der Waals surface area contributed by atoms with Gasteiger partial charge < -0.3 is 19.2 Å². The molecule has 0 bridgehead atoms. The lowest BCUT2D eigenvalue weighted by atomic mass is 10.1. The number of hydrogen-bond acceptors (Lipinski definition) is 8. The quantitative estimate of drug-likeness (QED) is 0.285. The number of hydrogen-bond donors (Lipinski definition) is 4. The Morgan fingerprint density at radius 3 is 1.96 bits per heavy atom. The van der Waals surface area contributed by atoms with Crippen molar-refractivity contribution in [3.05, 3.63) is 46.5 Å². The van der Waals surface area contributed by atoms with E-state index in [-0.39, 0.29) is 16.5 Å². The van der Waals surface area contributed by atoms with Gasteiger partial charge >= 0.3 is 23.5 Å². The van der Waals surface area contributed by atoms with Crippen LogP contribution in [0.1, 0.15) is 0 Å². The lowest BCUT2D eigenvalue weighted by molar-refractivity contribution is -0.383. The summed E-state index contributed by atoms with van der Waals surface area (Å²) in [6, 6.07) is 7.45. The Hall–Kier alpha value is -1.65. The van der Waals surface area contributed by atoms with E-state index in [1.807, 2.05) is 0 Å². The lowest BCUT2D eigenvalue weighted by Crippen LogP contribution is -1.99. The molecule has 2 unspecified atom stereocenters. The molecule has 0 aliphatic rings. The van der Waals surface area contributed by atoms with Gasteiger partial charge in [-0.3, -0.25) is 15.0 Å². The number of phosphoric acid groups is 3. The summed E-state index contributed by atoms with van der Waals surface area (Å²) in [7, 11) is -16.6. The van der Waals surface area contributed by atoms with Crippen molar-refractivity contribution in [2.45, 2.75) is 0 Å². The number of non-ortho nitro benzene ring substituents is 1. The summed E-state index contributed by atoms with van der Waals surface area (Å²) in [4.78, 5) is 45.9. The molecular weight excluding hydrogens is 419 g/mol. The minimum absolute atomic E-state index is 0.00301. The zero-order valence-electron chi connectivity index (χ0n) is 12.3. The van der Waals surface area contributed by atoms with E-state index in [4.69, 9.17) is 14.7 Å². The molecule has 0 heterocycles. The predicted octanol–water partition coefficient (Wildman–Crippen LogP) is 2.45. The van der Waals surface area contributed by atoms with Crippen LogP contribution in [-0.4, -0.2) is 24.5 Å². The largest absolute Gasteiger partial charge is 0.536 e.